The smallest absolute Gasteiger partial charge is 0.212 e. The molecular weight excluding hydrogens is 222 g/mol. The summed E-state index contributed by atoms with van der Waals surface area (Å²) in [7, 11) is -3.12. The number of rotatable bonds is 5. The zero-order chi connectivity index (χ0) is 12.2. The summed E-state index contributed by atoms with van der Waals surface area (Å²) in [5, 5.41) is 0. The summed E-state index contributed by atoms with van der Waals surface area (Å²) >= 11 is 0. The molecule has 90 valence electrons. The van der Waals surface area contributed by atoms with Gasteiger partial charge in [-0.25, -0.2) is 8.42 Å². The van der Waals surface area contributed by atoms with Crippen molar-refractivity contribution < 1.29 is 8.42 Å². The van der Waals surface area contributed by atoms with E-state index in [9.17, 15) is 8.42 Å². The molecule has 1 aromatic carbocycles. The summed E-state index contributed by atoms with van der Waals surface area (Å²) in [5.41, 5.74) is 1.02. The molecule has 0 radical (unpaired) electrons. The molecule has 0 amide bonds. The second-order valence-corrected chi connectivity index (χ2v) is 6.24. The van der Waals surface area contributed by atoms with Crippen LogP contribution < -0.4 is 0 Å². The van der Waals surface area contributed by atoms with Crippen LogP contribution in [0.25, 0.3) is 0 Å². The lowest BCUT2D eigenvalue weighted by molar-refractivity contribution is 0.349. The second-order valence-electron chi connectivity index (χ2n) is 4.03. The van der Waals surface area contributed by atoms with Gasteiger partial charge >= 0.3 is 0 Å². The van der Waals surface area contributed by atoms with E-state index >= 15 is 0 Å². The highest BCUT2D eigenvalue weighted by atomic mass is 32.2. The van der Waals surface area contributed by atoms with Crippen molar-refractivity contribution in [2.75, 3.05) is 5.75 Å². The van der Waals surface area contributed by atoms with E-state index in [0.717, 1.165) is 5.56 Å². The Morgan fingerprint density at radius 2 is 1.75 bits per heavy atom. The van der Waals surface area contributed by atoms with Crippen molar-refractivity contribution in [3.63, 3.8) is 0 Å². The number of nitrogens with zero attached hydrogens (tertiary/aromatic N) is 1. The van der Waals surface area contributed by atoms with Gasteiger partial charge in [-0.15, -0.1) is 0 Å². The average molecular weight is 241 g/mol. The van der Waals surface area contributed by atoms with Gasteiger partial charge in [0.25, 0.3) is 0 Å². The molecule has 1 aromatic rings. The predicted molar refractivity (Wildman–Crippen MR) is 66.6 cm³/mol. The summed E-state index contributed by atoms with van der Waals surface area (Å²) in [6.07, 6.45) is 0. The number of benzene rings is 1. The van der Waals surface area contributed by atoms with E-state index < -0.39 is 10.0 Å². The summed E-state index contributed by atoms with van der Waals surface area (Å²) in [4.78, 5) is 0. The van der Waals surface area contributed by atoms with Crippen LogP contribution in [0, 0.1) is 0 Å². The van der Waals surface area contributed by atoms with Gasteiger partial charge in [0.2, 0.25) is 10.0 Å². The van der Waals surface area contributed by atoms with Crippen molar-refractivity contribution in [3.8, 4) is 0 Å². The molecule has 0 N–H and O–H groups in total. The van der Waals surface area contributed by atoms with E-state index in [1.165, 1.54) is 0 Å². The van der Waals surface area contributed by atoms with E-state index in [4.69, 9.17) is 0 Å². The molecule has 0 aromatic heterocycles. The van der Waals surface area contributed by atoms with Crippen molar-refractivity contribution in [2.45, 2.75) is 33.4 Å². The summed E-state index contributed by atoms with van der Waals surface area (Å²) in [6.45, 7) is 5.93. The summed E-state index contributed by atoms with van der Waals surface area (Å²) in [5.74, 6) is 0.151. The van der Waals surface area contributed by atoms with Gasteiger partial charge in [-0.2, -0.15) is 4.31 Å². The largest absolute Gasteiger partial charge is 0.214 e. The maximum Gasteiger partial charge on any atom is 0.214 e. The molecule has 0 heterocycles. The normalized spacial score (nSPS) is 12.3. The van der Waals surface area contributed by atoms with Crippen LogP contribution in [-0.2, 0) is 16.6 Å². The lowest BCUT2D eigenvalue weighted by Gasteiger charge is -2.25. The minimum absolute atomic E-state index is 0.00911. The van der Waals surface area contributed by atoms with E-state index in [1.54, 1.807) is 11.2 Å². The fourth-order valence-electron chi connectivity index (χ4n) is 1.53. The Balaban J connectivity index is 2.90. The number of hydrogen-bond donors (Lipinski definition) is 0. The van der Waals surface area contributed by atoms with Crippen LogP contribution >= 0.6 is 0 Å². The fourth-order valence-corrected chi connectivity index (χ4v) is 2.85. The molecule has 0 bridgehead atoms. The van der Waals surface area contributed by atoms with Gasteiger partial charge in [0, 0.05) is 12.6 Å². The highest BCUT2D eigenvalue weighted by Gasteiger charge is 2.22. The molecule has 0 aliphatic rings. The van der Waals surface area contributed by atoms with Gasteiger partial charge in [-0.05, 0) is 26.3 Å². The Hall–Kier alpha value is -0.870. The van der Waals surface area contributed by atoms with Gasteiger partial charge in [0.05, 0.1) is 5.75 Å². The zero-order valence-corrected chi connectivity index (χ0v) is 10.9. The molecule has 0 atom stereocenters. The molecule has 0 saturated heterocycles. The summed E-state index contributed by atoms with van der Waals surface area (Å²) in [6, 6.07) is 9.66. The van der Waals surface area contributed by atoms with Crippen molar-refractivity contribution in [3.05, 3.63) is 35.9 Å². The van der Waals surface area contributed by atoms with E-state index in [-0.39, 0.29) is 11.8 Å². The highest BCUT2D eigenvalue weighted by Crippen LogP contribution is 2.13. The first-order valence-corrected chi connectivity index (χ1v) is 7.11. The van der Waals surface area contributed by atoms with Crippen LogP contribution in [0.4, 0.5) is 0 Å². The average Bonchev–Trinajstić information content (AvgIpc) is 2.26. The van der Waals surface area contributed by atoms with E-state index in [2.05, 4.69) is 0 Å². The van der Waals surface area contributed by atoms with Crippen molar-refractivity contribution in [2.24, 2.45) is 0 Å². The Bertz CT molecular complexity index is 412. The third-order valence-corrected chi connectivity index (χ3v) is 4.47. The van der Waals surface area contributed by atoms with Crippen molar-refractivity contribution >= 4 is 10.0 Å². The molecule has 0 aliphatic carbocycles. The van der Waals surface area contributed by atoms with Gasteiger partial charge < -0.3 is 0 Å². The molecule has 0 aliphatic heterocycles. The molecule has 0 fully saturated rings. The van der Waals surface area contributed by atoms with Crippen LogP contribution in [0.3, 0.4) is 0 Å². The first-order valence-electron chi connectivity index (χ1n) is 5.51. The maximum atomic E-state index is 11.9. The molecule has 0 spiro atoms. The molecule has 0 unspecified atom stereocenters. The SMILES string of the molecule is CCS(=O)(=O)N(Cc1ccccc1)C(C)C. The lowest BCUT2D eigenvalue weighted by atomic mass is 10.2. The summed E-state index contributed by atoms with van der Waals surface area (Å²) < 4.78 is 25.3. The fraction of sp³-hybridized carbons (Fsp3) is 0.500. The lowest BCUT2D eigenvalue weighted by Crippen LogP contribution is -2.37. The van der Waals surface area contributed by atoms with Gasteiger partial charge in [0.15, 0.2) is 0 Å². The maximum absolute atomic E-state index is 11.9. The number of sulfonamides is 1. The first-order chi connectivity index (χ1) is 7.47. The van der Waals surface area contributed by atoms with Crippen LogP contribution in [0.15, 0.2) is 30.3 Å². The van der Waals surface area contributed by atoms with Crippen molar-refractivity contribution in [1.82, 2.24) is 4.31 Å². The Kier molecular flexibility index (Phi) is 4.50. The third kappa shape index (κ3) is 3.32. The minimum atomic E-state index is -3.12. The predicted octanol–water partition coefficient (Wildman–Crippen LogP) is 2.25. The van der Waals surface area contributed by atoms with E-state index in [1.807, 2.05) is 44.2 Å². The van der Waals surface area contributed by atoms with E-state index in [0.29, 0.717) is 6.54 Å². The number of hydrogen-bond acceptors (Lipinski definition) is 2. The van der Waals surface area contributed by atoms with Crippen LogP contribution in [-0.4, -0.2) is 24.5 Å². The molecule has 3 nitrogen and oxygen atoms in total. The van der Waals surface area contributed by atoms with Gasteiger partial charge in [0.1, 0.15) is 0 Å². The van der Waals surface area contributed by atoms with Gasteiger partial charge in [-0.3, -0.25) is 0 Å². The molecule has 1 rings (SSSR count). The minimum Gasteiger partial charge on any atom is -0.212 e. The standard InChI is InChI=1S/C12H19NO2S/c1-4-16(14,15)13(11(2)3)10-12-8-6-5-7-9-12/h5-9,11H,4,10H2,1-3H3. The van der Waals surface area contributed by atoms with Crippen LogP contribution in [0.2, 0.25) is 0 Å². The molecular formula is C12H19NO2S. The topological polar surface area (TPSA) is 37.4 Å². The van der Waals surface area contributed by atoms with Crippen molar-refractivity contribution in [1.29, 1.82) is 0 Å². The van der Waals surface area contributed by atoms with Gasteiger partial charge in [-0.1, -0.05) is 30.3 Å². The van der Waals surface area contributed by atoms with Crippen LogP contribution in [0.1, 0.15) is 26.3 Å². The monoisotopic (exact) mass is 241 g/mol. The highest BCUT2D eigenvalue weighted by molar-refractivity contribution is 7.89. The second kappa shape index (κ2) is 5.46. The molecule has 4 heteroatoms. The quantitative estimate of drug-likeness (QED) is 0.793. The zero-order valence-electron chi connectivity index (χ0n) is 10.1. The van der Waals surface area contributed by atoms with Crippen LogP contribution in [0.5, 0.6) is 0 Å². The molecule has 0 saturated carbocycles. The first kappa shape index (κ1) is 13.2. The third-order valence-electron chi connectivity index (χ3n) is 2.48. The Morgan fingerprint density at radius 1 is 1.19 bits per heavy atom. The molecule has 16 heavy (non-hydrogen) atoms. The Labute approximate surface area is 98.1 Å². The Morgan fingerprint density at radius 3 is 2.19 bits per heavy atom.